The third kappa shape index (κ3) is 3.47. The molecule has 8 heteroatoms. The summed E-state index contributed by atoms with van der Waals surface area (Å²) in [5.74, 6) is 0.231. The highest BCUT2D eigenvalue weighted by molar-refractivity contribution is 8.00. The number of aryl methyl sites for hydroxylation is 3. The second-order valence-corrected chi connectivity index (χ2v) is 7.96. The van der Waals surface area contributed by atoms with E-state index in [9.17, 15) is 9.18 Å². The predicted octanol–water partition coefficient (Wildman–Crippen LogP) is 3.74. The van der Waals surface area contributed by atoms with Crippen molar-refractivity contribution in [3.63, 3.8) is 0 Å². The molecular weight excluding hydrogens is 377 g/mol. The molecule has 0 saturated heterocycles. The number of nitrogens with zero attached hydrogens (tertiary/aromatic N) is 3. The fourth-order valence-electron chi connectivity index (χ4n) is 3.11. The quantitative estimate of drug-likeness (QED) is 0.704. The average Bonchev–Trinajstić information content (AvgIpc) is 3.04. The van der Waals surface area contributed by atoms with Crippen LogP contribution in [0.5, 0.6) is 0 Å². The number of benzene rings is 2. The zero-order valence-corrected chi connectivity index (χ0v) is 16.5. The number of nitrogens with one attached hydrogen (secondary N) is 2. The molecule has 2 N–H and O–H groups in total. The largest absolute Gasteiger partial charge is 0.325 e. The van der Waals surface area contributed by atoms with E-state index < -0.39 is 5.25 Å². The van der Waals surface area contributed by atoms with E-state index in [-0.39, 0.29) is 17.8 Å². The summed E-state index contributed by atoms with van der Waals surface area (Å²) < 4.78 is 15.2. The first-order valence-electron chi connectivity index (χ1n) is 8.91. The molecule has 0 aliphatic carbocycles. The topological polar surface area (TPSA) is 71.8 Å². The fourth-order valence-corrected chi connectivity index (χ4v) is 4.24. The van der Waals surface area contributed by atoms with Gasteiger partial charge in [-0.2, -0.15) is 0 Å². The molecule has 1 aromatic heterocycles. The highest BCUT2D eigenvalue weighted by Gasteiger charge is 2.37. The van der Waals surface area contributed by atoms with Gasteiger partial charge in [-0.25, -0.2) is 9.07 Å². The highest BCUT2D eigenvalue weighted by atomic mass is 32.2. The summed E-state index contributed by atoms with van der Waals surface area (Å²) in [6, 6.07) is 11.6. The standard InChI is InChI=1S/C20H20FN5OS/c1-11-4-9-16(10-12(11)2)22-19(27)18-17(14-5-7-15(21)8-6-14)25-26-13(3)23-24-20(26)28-18/h4-10,17-18,25H,1-3H3,(H,22,27). The maximum Gasteiger partial charge on any atom is 0.240 e. The van der Waals surface area contributed by atoms with Crippen molar-refractivity contribution < 1.29 is 9.18 Å². The van der Waals surface area contributed by atoms with Crippen molar-refractivity contribution in [1.82, 2.24) is 14.9 Å². The van der Waals surface area contributed by atoms with Crippen molar-refractivity contribution in [3.05, 3.63) is 70.8 Å². The van der Waals surface area contributed by atoms with Gasteiger partial charge in [-0.3, -0.25) is 4.79 Å². The lowest BCUT2D eigenvalue weighted by molar-refractivity contribution is -0.116. The van der Waals surface area contributed by atoms with Gasteiger partial charge < -0.3 is 10.7 Å². The Hall–Kier alpha value is -2.87. The van der Waals surface area contributed by atoms with E-state index in [1.165, 1.54) is 29.5 Å². The van der Waals surface area contributed by atoms with E-state index in [0.717, 1.165) is 16.8 Å². The molecule has 1 amide bonds. The molecule has 1 aliphatic heterocycles. The van der Waals surface area contributed by atoms with Gasteiger partial charge >= 0.3 is 0 Å². The Balaban J connectivity index is 1.65. The maximum absolute atomic E-state index is 13.4. The molecule has 4 rings (SSSR count). The number of hydrogen-bond donors (Lipinski definition) is 2. The van der Waals surface area contributed by atoms with Crippen LogP contribution in [0.25, 0.3) is 0 Å². The van der Waals surface area contributed by atoms with Gasteiger partial charge in [0.2, 0.25) is 11.1 Å². The maximum atomic E-state index is 13.4. The number of rotatable bonds is 3. The Morgan fingerprint density at radius 2 is 1.86 bits per heavy atom. The first-order valence-corrected chi connectivity index (χ1v) is 9.79. The number of carbonyl (C=O) groups excluding carboxylic acids is 1. The summed E-state index contributed by atoms with van der Waals surface area (Å²) in [5.41, 5.74) is 7.14. The lowest BCUT2D eigenvalue weighted by atomic mass is 10.0. The molecule has 144 valence electrons. The van der Waals surface area contributed by atoms with E-state index in [4.69, 9.17) is 0 Å². The Morgan fingerprint density at radius 3 is 2.57 bits per heavy atom. The molecule has 2 unspecified atom stereocenters. The number of carbonyl (C=O) groups is 1. The highest BCUT2D eigenvalue weighted by Crippen LogP contribution is 2.37. The number of hydrogen-bond acceptors (Lipinski definition) is 5. The molecular formula is C20H20FN5OS. The molecule has 3 aromatic rings. The monoisotopic (exact) mass is 397 g/mol. The van der Waals surface area contributed by atoms with Gasteiger partial charge in [0.05, 0.1) is 6.04 Å². The van der Waals surface area contributed by atoms with Crippen LogP contribution in [-0.2, 0) is 4.79 Å². The van der Waals surface area contributed by atoms with Gasteiger partial charge in [-0.1, -0.05) is 30.0 Å². The molecule has 0 spiro atoms. The van der Waals surface area contributed by atoms with Crippen LogP contribution in [0.1, 0.15) is 28.6 Å². The SMILES string of the molecule is Cc1ccc(NC(=O)C2Sc3nnc(C)n3NC2c2ccc(F)cc2)cc1C. The first-order chi connectivity index (χ1) is 13.4. The van der Waals surface area contributed by atoms with Gasteiger partial charge in [0, 0.05) is 5.69 Å². The fraction of sp³-hybridized carbons (Fsp3) is 0.250. The Morgan fingerprint density at radius 1 is 1.11 bits per heavy atom. The first kappa shape index (κ1) is 18.5. The third-order valence-corrected chi connectivity index (χ3v) is 6.08. The van der Waals surface area contributed by atoms with Crippen molar-refractivity contribution in [2.75, 3.05) is 10.7 Å². The van der Waals surface area contributed by atoms with Crippen molar-refractivity contribution in [2.45, 2.75) is 37.2 Å². The zero-order valence-electron chi connectivity index (χ0n) is 15.7. The van der Waals surface area contributed by atoms with Crippen molar-refractivity contribution >= 4 is 23.4 Å². The number of aromatic nitrogens is 3. The van der Waals surface area contributed by atoms with E-state index in [1.54, 1.807) is 16.8 Å². The molecule has 2 heterocycles. The van der Waals surface area contributed by atoms with Gasteiger partial charge in [-0.05, 0) is 61.7 Å². The summed E-state index contributed by atoms with van der Waals surface area (Å²) in [6.07, 6.45) is 0. The summed E-state index contributed by atoms with van der Waals surface area (Å²) >= 11 is 1.34. The van der Waals surface area contributed by atoms with Crippen molar-refractivity contribution in [1.29, 1.82) is 0 Å². The van der Waals surface area contributed by atoms with Gasteiger partial charge in [-0.15, -0.1) is 10.2 Å². The molecule has 0 fully saturated rings. The predicted molar refractivity (Wildman–Crippen MR) is 107 cm³/mol. The van der Waals surface area contributed by atoms with E-state index in [0.29, 0.717) is 11.0 Å². The second-order valence-electron chi connectivity index (χ2n) is 6.85. The Labute approximate surface area is 166 Å². The molecule has 0 saturated carbocycles. The normalized spacial score (nSPS) is 18.3. The summed E-state index contributed by atoms with van der Waals surface area (Å²) in [4.78, 5) is 13.1. The molecule has 1 aliphatic rings. The molecule has 0 bridgehead atoms. The van der Waals surface area contributed by atoms with Gasteiger partial charge in [0.1, 0.15) is 16.9 Å². The van der Waals surface area contributed by atoms with Gasteiger partial charge in [0.25, 0.3) is 0 Å². The summed E-state index contributed by atoms with van der Waals surface area (Å²) in [7, 11) is 0. The number of thioether (sulfide) groups is 1. The molecule has 2 aromatic carbocycles. The minimum Gasteiger partial charge on any atom is -0.325 e. The third-order valence-electron chi connectivity index (χ3n) is 4.86. The van der Waals surface area contributed by atoms with Gasteiger partial charge in [0.15, 0.2) is 0 Å². The van der Waals surface area contributed by atoms with Crippen LogP contribution in [0.15, 0.2) is 47.6 Å². The molecule has 2 atom stereocenters. The van der Waals surface area contributed by atoms with Crippen LogP contribution < -0.4 is 10.7 Å². The van der Waals surface area contributed by atoms with Crippen molar-refractivity contribution in [3.8, 4) is 0 Å². The minimum atomic E-state index is -0.497. The summed E-state index contributed by atoms with van der Waals surface area (Å²) in [5, 5.41) is 11.3. The number of anilines is 1. The van der Waals surface area contributed by atoms with Crippen LogP contribution in [-0.4, -0.2) is 26.0 Å². The number of halogens is 1. The minimum absolute atomic E-state index is 0.151. The Bertz CT molecular complexity index is 1030. The molecule has 6 nitrogen and oxygen atoms in total. The number of amides is 1. The second kappa shape index (κ2) is 7.27. The lowest BCUT2D eigenvalue weighted by Gasteiger charge is -2.32. The average molecular weight is 397 g/mol. The van der Waals surface area contributed by atoms with Crippen LogP contribution in [0.2, 0.25) is 0 Å². The zero-order chi connectivity index (χ0) is 19.8. The van der Waals surface area contributed by atoms with Crippen LogP contribution in [0.3, 0.4) is 0 Å². The molecule has 0 radical (unpaired) electrons. The number of fused-ring (bicyclic) bond motifs is 1. The van der Waals surface area contributed by atoms with Crippen molar-refractivity contribution in [2.24, 2.45) is 0 Å². The van der Waals surface area contributed by atoms with Crippen LogP contribution in [0.4, 0.5) is 10.1 Å². The lowest BCUT2D eigenvalue weighted by Crippen LogP contribution is -2.41. The Kier molecular flexibility index (Phi) is 4.80. The van der Waals surface area contributed by atoms with E-state index in [2.05, 4.69) is 20.9 Å². The summed E-state index contributed by atoms with van der Waals surface area (Å²) in [6.45, 7) is 5.87. The van der Waals surface area contributed by atoms with E-state index in [1.807, 2.05) is 39.0 Å². The smallest absolute Gasteiger partial charge is 0.240 e. The van der Waals surface area contributed by atoms with E-state index >= 15 is 0 Å². The molecule has 28 heavy (non-hydrogen) atoms. The van der Waals surface area contributed by atoms with Crippen LogP contribution in [0, 0.1) is 26.6 Å². The van der Waals surface area contributed by atoms with Crippen LogP contribution >= 0.6 is 11.8 Å².